The molecule has 0 fully saturated rings. The van der Waals surface area contributed by atoms with E-state index < -0.39 is 5.54 Å². The van der Waals surface area contributed by atoms with Gasteiger partial charge >= 0.3 is 0 Å². The van der Waals surface area contributed by atoms with Crippen LogP contribution in [-0.2, 0) is 32.5 Å². The largest absolute Gasteiger partial charge is 0.276 e. The molecular formula is C15H18ClN6. The summed E-state index contributed by atoms with van der Waals surface area (Å²) in [5.41, 5.74) is 1.53. The molecule has 22 heavy (non-hydrogen) atoms. The lowest BCUT2D eigenvalue weighted by Gasteiger charge is -2.29. The van der Waals surface area contributed by atoms with Gasteiger partial charge in [-0.15, -0.1) is 0 Å². The van der Waals surface area contributed by atoms with Crippen molar-refractivity contribution in [1.82, 2.24) is 29.3 Å². The van der Waals surface area contributed by atoms with E-state index in [1.54, 1.807) is 23.3 Å². The van der Waals surface area contributed by atoms with Gasteiger partial charge < -0.3 is 0 Å². The van der Waals surface area contributed by atoms with Crippen molar-refractivity contribution in [2.45, 2.75) is 18.4 Å². The Balaban J connectivity index is 1.95. The van der Waals surface area contributed by atoms with Crippen LogP contribution in [0.2, 0.25) is 5.02 Å². The first-order valence-electron chi connectivity index (χ1n) is 6.98. The predicted octanol–water partition coefficient (Wildman–Crippen LogP) is 2.02. The molecule has 0 saturated heterocycles. The van der Waals surface area contributed by atoms with Crippen LogP contribution in [0.4, 0.5) is 0 Å². The van der Waals surface area contributed by atoms with Gasteiger partial charge in [0.2, 0.25) is 0 Å². The maximum absolute atomic E-state index is 6.04. The summed E-state index contributed by atoms with van der Waals surface area (Å²) in [7, 11) is 3.83. The normalized spacial score (nSPS) is 14.2. The molecule has 3 aromatic heterocycles. The van der Waals surface area contributed by atoms with Gasteiger partial charge in [-0.1, -0.05) is 11.6 Å². The topological polar surface area (TPSA) is 53.5 Å². The lowest BCUT2D eigenvalue weighted by Crippen LogP contribution is -2.37. The Morgan fingerprint density at radius 3 is 2.59 bits per heavy atom. The van der Waals surface area contributed by atoms with Crippen LogP contribution in [0.1, 0.15) is 11.4 Å². The van der Waals surface area contributed by atoms with Gasteiger partial charge in [0, 0.05) is 51.2 Å². The molecule has 0 aliphatic carbocycles. The van der Waals surface area contributed by atoms with Gasteiger partial charge in [0.15, 0.2) is 0 Å². The second-order valence-corrected chi connectivity index (χ2v) is 6.04. The average molecular weight is 318 g/mol. The van der Waals surface area contributed by atoms with E-state index in [1.807, 2.05) is 41.8 Å². The van der Waals surface area contributed by atoms with Gasteiger partial charge in [-0.05, 0) is 19.1 Å². The Hall–Kier alpha value is -2.08. The second-order valence-electron chi connectivity index (χ2n) is 5.61. The van der Waals surface area contributed by atoms with Crippen LogP contribution >= 0.6 is 11.6 Å². The third-order valence-electron chi connectivity index (χ3n) is 3.75. The van der Waals surface area contributed by atoms with E-state index in [0.717, 1.165) is 11.4 Å². The molecule has 3 heterocycles. The number of aromatic nitrogens is 6. The van der Waals surface area contributed by atoms with E-state index in [9.17, 15) is 0 Å². The highest BCUT2D eigenvalue weighted by molar-refractivity contribution is 6.30. The summed E-state index contributed by atoms with van der Waals surface area (Å²) < 4.78 is 5.45. The van der Waals surface area contributed by atoms with Crippen LogP contribution in [0.5, 0.6) is 0 Å². The Kier molecular flexibility index (Phi) is 3.78. The molecule has 0 amide bonds. The fraction of sp³-hybridized carbons (Fsp3) is 0.333. The third kappa shape index (κ3) is 2.92. The van der Waals surface area contributed by atoms with Gasteiger partial charge in [0.05, 0.1) is 22.5 Å². The number of nitrogens with zero attached hydrogens (tertiary/aromatic N) is 6. The summed E-state index contributed by atoms with van der Waals surface area (Å²) in [6, 6.07) is 3.98. The molecule has 0 spiro atoms. The van der Waals surface area contributed by atoms with E-state index in [4.69, 9.17) is 11.6 Å². The lowest BCUT2D eigenvalue weighted by molar-refractivity contribution is 0.313. The highest BCUT2D eigenvalue weighted by Crippen LogP contribution is 2.26. The summed E-state index contributed by atoms with van der Waals surface area (Å²) in [6.45, 7) is 4.43. The van der Waals surface area contributed by atoms with Crippen LogP contribution in [0, 0.1) is 6.92 Å². The molecule has 6 nitrogen and oxygen atoms in total. The summed E-state index contributed by atoms with van der Waals surface area (Å²) in [5.74, 6) is 0. The molecule has 1 atom stereocenters. The Morgan fingerprint density at radius 2 is 2.05 bits per heavy atom. The lowest BCUT2D eigenvalue weighted by atomic mass is 9.90. The minimum absolute atomic E-state index is 0.519. The third-order valence-corrected chi connectivity index (χ3v) is 3.94. The maximum atomic E-state index is 6.04. The van der Waals surface area contributed by atoms with Gasteiger partial charge in [-0.2, -0.15) is 15.3 Å². The monoisotopic (exact) mass is 317 g/mol. The Morgan fingerprint density at radius 1 is 1.23 bits per heavy atom. The summed E-state index contributed by atoms with van der Waals surface area (Å²) >= 11 is 6.04. The zero-order valence-electron chi connectivity index (χ0n) is 12.6. The van der Waals surface area contributed by atoms with E-state index in [1.165, 1.54) is 0 Å². The fourth-order valence-electron chi connectivity index (χ4n) is 2.59. The minimum atomic E-state index is -0.519. The van der Waals surface area contributed by atoms with Gasteiger partial charge in [0.25, 0.3) is 0 Å². The smallest absolute Gasteiger partial charge is 0.0785 e. The van der Waals surface area contributed by atoms with Crippen molar-refractivity contribution in [2.24, 2.45) is 14.1 Å². The van der Waals surface area contributed by atoms with Crippen molar-refractivity contribution in [3.05, 3.63) is 60.3 Å². The molecule has 0 N–H and O–H groups in total. The highest BCUT2D eigenvalue weighted by Gasteiger charge is 2.30. The first kappa shape index (κ1) is 14.8. The molecule has 0 bridgehead atoms. The van der Waals surface area contributed by atoms with Gasteiger partial charge in [-0.25, -0.2) is 0 Å². The van der Waals surface area contributed by atoms with E-state index >= 15 is 0 Å². The molecule has 0 saturated carbocycles. The van der Waals surface area contributed by atoms with Crippen molar-refractivity contribution in [3.8, 4) is 0 Å². The Bertz CT molecular complexity index is 770. The molecule has 3 aromatic rings. The fourth-order valence-corrected chi connectivity index (χ4v) is 2.73. The minimum Gasteiger partial charge on any atom is -0.276 e. The van der Waals surface area contributed by atoms with Gasteiger partial charge in [0.1, 0.15) is 0 Å². The van der Waals surface area contributed by atoms with Crippen molar-refractivity contribution in [1.29, 1.82) is 0 Å². The standard InChI is InChI=1S/C15H18ClN6/c1-15(22-11-12(16)10-18-22,8-13-5-7-20(2)19-13)9-14-4-6-17-21(14)3/h4-7,10-11H,1,8-9H2,2-3H3. The summed E-state index contributed by atoms with van der Waals surface area (Å²) in [6.07, 6.45) is 8.47. The van der Waals surface area contributed by atoms with Crippen molar-refractivity contribution in [3.63, 3.8) is 0 Å². The highest BCUT2D eigenvalue weighted by atomic mass is 35.5. The van der Waals surface area contributed by atoms with E-state index in [0.29, 0.717) is 17.9 Å². The van der Waals surface area contributed by atoms with Crippen LogP contribution in [-0.4, -0.2) is 29.3 Å². The first-order chi connectivity index (χ1) is 10.5. The number of halogens is 1. The van der Waals surface area contributed by atoms with E-state index in [2.05, 4.69) is 22.2 Å². The molecule has 0 aliphatic heterocycles. The molecule has 0 aromatic carbocycles. The molecular weight excluding hydrogens is 300 g/mol. The molecule has 0 aliphatic rings. The zero-order chi connectivity index (χ0) is 15.7. The SMILES string of the molecule is [CH2]C(Cc1ccn(C)n1)(Cc1ccnn1C)n1cc(Cl)cn1. The summed E-state index contributed by atoms with van der Waals surface area (Å²) in [4.78, 5) is 0. The van der Waals surface area contributed by atoms with Crippen LogP contribution in [0.15, 0.2) is 36.9 Å². The number of hydrogen-bond acceptors (Lipinski definition) is 3. The molecule has 1 unspecified atom stereocenters. The molecule has 3 rings (SSSR count). The number of hydrogen-bond donors (Lipinski definition) is 0. The van der Waals surface area contributed by atoms with Crippen LogP contribution in [0.3, 0.4) is 0 Å². The first-order valence-corrected chi connectivity index (χ1v) is 7.35. The van der Waals surface area contributed by atoms with Crippen LogP contribution in [0.25, 0.3) is 0 Å². The average Bonchev–Trinajstić information content (AvgIpc) is 3.15. The number of aryl methyl sites for hydroxylation is 2. The van der Waals surface area contributed by atoms with Crippen molar-refractivity contribution < 1.29 is 0 Å². The Labute approximate surface area is 134 Å². The zero-order valence-corrected chi connectivity index (χ0v) is 13.4. The maximum Gasteiger partial charge on any atom is 0.0785 e. The van der Waals surface area contributed by atoms with E-state index in [-0.39, 0.29) is 0 Å². The molecule has 115 valence electrons. The number of rotatable bonds is 5. The summed E-state index contributed by atoms with van der Waals surface area (Å²) in [5, 5.41) is 13.6. The quantitative estimate of drug-likeness (QED) is 0.723. The predicted molar refractivity (Wildman–Crippen MR) is 84.4 cm³/mol. The molecule has 7 heteroatoms. The van der Waals surface area contributed by atoms with Crippen molar-refractivity contribution >= 4 is 11.6 Å². The molecule has 1 radical (unpaired) electrons. The van der Waals surface area contributed by atoms with Gasteiger partial charge in [-0.3, -0.25) is 14.0 Å². The second kappa shape index (κ2) is 5.61. The van der Waals surface area contributed by atoms with Crippen LogP contribution < -0.4 is 0 Å². The van der Waals surface area contributed by atoms with Crippen molar-refractivity contribution in [2.75, 3.05) is 0 Å².